The number of ketones is 1. The van der Waals surface area contributed by atoms with Crippen LogP contribution in [0.25, 0.3) is 5.57 Å². The Morgan fingerprint density at radius 2 is 1.50 bits per heavy atom. The Kier molecular flexibility index (Phi) is 4.80. The van der Waals surface area contributed by atoms with Crippen LogP contribution in [0.15, 0.2) is 78.4 Å². The van der Waals surface area contributed by atoms with E-state index in [2.05, 4.69) is 67.6 Å². The van der Waals surface area contributed by atoms with Crippen LogP contribution in [-0.2, 0) is 4.79 Å². The van der Waals surface area contributed by atoms with Crippen molar-refractivity contribution in [2.75, 3.05) is 0 Å². The largest absolute Gasteiger partial charge is 0.299 e. The van der Waals surface area contributed by atoms with Crippen LogP contribution < -0.4 is 0 Å². The highest BCUT2D eigenvalue weighted by Gasteiger charge is 2.37. The third kappa shape index (κ3) is 3.26. The molecule has 0 bridgehead atoms. The Labute approximate surface area is 144 Å². The molecule has 2 aromatic rings. The molecule has 122 valence electrons. The number of allylic oxidation sites excluding steroid dienone is 3. The summed E-state index contributed by atoms with van der Waals surface area (Å²) >= 11 is 0. The van der Waals surface area contributed by atoms with Gasteiger partial charge in [0.25, 0.3) is 0 Å². The molecule has 0 heterocycles. The van der Waals surface area contributed by atoms with Gasteiger partial charge in [0.05, 0.1) is 0 Å². The molecule has 1 nitrogen and oxygen atoms in total. The maximum absolute atomic E-state index is 12.1. The smallest absolute Gasteiger partial charge is 0.139 e. The van der Waals surface area contributed by atoms with Crippen LogP contribution in [-0.4, -0.2) is 5.78 Å². The molecule has 1 saturated carbocycles. The monoisotopic (exact) mass is 316 g/mol. The highest BCUT2D eigenvalue weighted by Crippen LogP contribution is 2.43. The van der Waals surface area contributed by atoms with Gasteiger partial charge in [-0.15, -0.1) is 0 Å². The van der Waals surface area contributed by atoms with E-state index in [4.69, 9.17) is 0 Å². The molecule has 0 aliphatic heterocycles. The van der Waals surface area contributed by atoms with Gasteiger partial charge in [-0.25, -0.2) is 0 Å². The van der Waals surface area contributed by atoms with Crippen LogP contribution >= 0.6 is 0 Å². The summed E-state index contributed by atoms with van der Waals surface area (Å²) in [6.45, 7) is 3.81. The molecule has 3 rings (SSSR count). The summed E-state index contributed by atoms with van der Waals surface area (Å²) in [4.78, 5) is 12.1. The Morgan fingerprint density at radius 3 is 2.00 bits per heavy atom. The van der Waals surface area contributed by atoms with Gasteiger partial charge in [-0.05, 0) is 49.8 Å². The number of benzene rings is 2. The average Bonchev–Trinajstić information content (AvgIpc) is 2.99. The lowest BCUT2D eigenvalue weighted by Crippen LogP contribution is -2.23. The molecule has 0 aromatic heterocycles. The van der Waals surface area contributed by atoms with Crippen LogP contribution in [0.5, 0.6) is 0 Å². The van der Waals surface area contributed by atoms with Crippen molar-refractivity contribution >= 4 is 11.4 Å². The topological polar surface area (TPSA) is 17.1 Å². The van der Waals surface area contributed by atoms with Gasteiger partial charge < -0.3 is 0 Å². The number of rotatable bonds is 4. The molecule has 0 N–H and O–H groups in total. The van der Waals surface area contributed by atoms with Gasteiger partial charge in [0.2, 0.25) is 0 Å². The zero-order chi connectivity index (χ0) is 17.0. The Morgan fingerprint density at radius 1 is 0.958 bits per heavy atom. The van der Waals surface area contributed by atoms with Gasteiger partial charge in [0.15, 0.2) is 0 Å². The first-order chi connectivity index (χ1) is 11.6. The number of hydrogen-bond acceptors (Lipinski definition) is 1. The Bertz CT molecular complexity index is 727. The van der Waals surface area contributed by atoms with E-state index in [1.54, 1.807) is 6.92 Å². The second-order valence-corrected chi connectivity index (χ2v) is 6.75. The van der Waals surface area contributed by atoms with E-state index in [-0.39, 0.29) is 11.2 Å². The van der Waals surface area contributed by atoms with Crippen molar-refractivity contribution in [3.63, 3.8) is 0 Å². The normalized spacial score (nSPS) is 21.7. The summed E-state index contributed by atoms with van der Waals surface area (Å²) in [7, 11) is 0. The van der Waals surface area contributed by atoms with Crippen LogP contribution in [0.4, 0.5) is 0 Å². The second kappa shape index (κ2) is 7.00. The summed E-state index contributed by atoms with van der Waals surface area (Å²) in [5, 5.41) is 0. The van der Waals surface area contributed by atoms with Gasteiger partial charge in [0.1, 0.15) is 5.78 Å². The van der Waals surface area contributed by atoms with E-state index in [1.165, 1.54) is 22.3 Å². The molecule has 1 heteroatoms. The number of carbonyl (C=O) groups excluding carboxylic acids is 1. The van der Waals surface area contributed by atoms with Crippen molar-refractivity contribution in [1.82, 2.24) is 0 Å². The summed E-state index contributed by atoms with van der Waals surface area (Å²) < 4.78 is 0. The fourth-order valence-corrected chi connectivity index (χ4v) is 3.52. The lowest BCUT2D eigenvalue weighted by Gasteiger charge is -2.22. The van der Waals surface area contributed by atoms with Crippen molar-refractivity contribution in [1.29, 1.82) is 0 Å². The third-order valence-corrected chi connectivity index (χ3v) is 5.23. The molecule has 1 fully saturated rings. The molecule has 1 atom stereocenters. The standard InChI is InChI=1S/C23H24O/c1-18(24)23(2)17-9-14-21(23)15-16-22(19-10-5-3-6-11-19)20-12-7-4-8-13-20/h3-8,10-13,15-16H,9,14,17H2,1-2H3/b21-15+. The Balaban J connectivity index is 2.05. The minimum absolute atomic E-state index is 0.278. The van der Waals surface area contributed by atoms with Crippen molar-refractivity contribution < 1.29 is 4.79 Å². The summed E-state index contributed by atoms with van der Waals surface area (Å²) in [5.74, 6) is 0.278. The quantitative estimate of drug-likeness (QED) is 0.694. The fraction of sp³-hybridized carbons (Fsp3) is 0.261. The van der Waals surface area contributed by atoms with Gasteiger partial charge >= 0.3 is 0 Å². The molecule has 1 aliphatic carbocycles. The van der Waals surface area contributed by atoms with Crippen molar-refractivity contribution in [2.24, 2.45) is 5.41 Å². The summed E-state index contributed by atoms with van der Waals surface area (Å²) in [6.07, 6.45) is 7.45. The predicted molar refractivity (Wildman–Crippen MR) is 101 cm³/mol. The van der Waals surface area contributed by atoms with E-state index in [1.807, 2.05) is 12.1 Å². The van der Waals surface area contributed by atoms with Crippen LogP contribution in [0.2, 0.25) is 0 Å². The van der Waals surface area contributed by atoms with Gasteiger partial charge in [-0.3, -0.25) is 4.79 Å². The summed E-state index contributed by atoms with van der Waals surface area (Å²) in [6, 6.07) is 20.9. The maximum atomic E-state index is 12.1. The molecular weight excluding hydrogens is 292 g/mol. The first kappa shape index (κ1) is 16.4. The highest BCUT2D eigenvalue weighted by molar-refractivity contribution is 5.86. The van der Waals surface area contributed by atoms with Crippen molar-refractivity contribution in [2.45, 2.75) is 33.1 Å². The zero-order valence-corrected chi connectivity index (χ0v) is 14.5. The zero-order valence-electron chi connectivity index (χ0n) is 14.5. The third-order valence-electron chi connectivity index (χ3n) is 5.23. The predicted octanol–water partition coefficient (Wildman–Crippen LogP) is 5.82. The van der Waals surface area contributed by atoms with Gasteiger partial charge in [-0.2, -0.15) is 0 Å². The Hall–Kier alpha value is -2.41. The number of Topliss-reactive ketones (excluding diaryl/α,β-unsaturated/α-hetero) is 1. The maximum Gasteiger partial charge on any atom is 0.139 e. The lowest BCUT2D eigenvalue weighted by molar-refractivity contribution is -0.123. The molecule has 1 aliphatic rings. The first-order valence-electron chi connectivity index (χ1n) is 8.64. The molecule has 0 spiro atoms. The van der Waals surface area contributed by atoms with Gasteiger partial charge in [-0.1, -0.05) is 78.4 Å². The van der Waals surface area contributed by atoms with E-state index in [9.17, 15) is 4.79 Å². The van der Waals surface area contributed by atoms with Crippen molar-refractivity contribution in [3.05, 3.63) is 89.5 Å². The molecule has 1 unspecified atom stereocenters. The minimum Gasteiger partial charge on any atom is -0.299 e. The number of hydrogen-bond donors (Lipinski definition) is 0. The van der Waals surface area contributed by atoms with E-state index in [0.29, 0.717) is 0 Å². The SMILES string of the molecule is CC(=O)C1(C)CCC/C1=C\C=C(c1ccccc1)c1ccccc1. The molecular formula is C23H24O. The second-order valence-electron chi connectivity index (χ2n) is 6.75. The fourth-order valence-electron chi connectivity index (χ4n) is 3.52. The molecule has 0 radical (unpaired) electrons. The summed E-state index contributed by atoms with van der Waals surface area (Å²) in [5.41, 5.74) is 4.57. The van der Waals surface area contributed by atoms with E-state index >= 15 is 0 Å². The minimum atomic E-state index is -0.283. The first-order valence-corrected chi connectivity index (χ1v) is 8.64. The lowest BCUT2D eigenvalue weighted by atomic mass is 9.80. The molecule has 0 amide bonds. The van der Waals surface area contributed by atoms with Gasteiger partial charge in [0, 0.05) is 5.41 Å². The van der Waals surface area contributed by atoms with Crippen LogP contribution in [0.1, 0.15) is 44.2 Å². The van der Waals surface area contributed by atoms with Crippen LogP contribution in [0.3, 0.4) is 0 Å². The van der Waals surface area contributed by atoms with E-state index in [0.717, 1.165) is 19.3 Å². The molecule has 0 saturated heterocycles. The molecule has 2 aromatic carbocycles. The highest BCUT2D eigenvalue weighted by atomic mass is 16.1. The average molecular weight is 316 g/mol. The van der Waals surface area contributed by atoms with E-state index < -0.39 is 0 Å². The number of carbonyl (C=O) groups is 1. The van der Waals surface area contributed by atoms with Crippen molar-refractivity contribution in [3.8, 4) is 0 Å². The van der Waals surface area contributed by atoms with Crippen LogP contribution in [0, 0.1) is 5.41 Å². The molecule has 24 heavy (non-hydrogen) atoms.